The molecule has 0 spiro atoms. The van der Waals surface area contributed by atoms with Crippen LogP contribution in [0.4, 0.5) is 0 Å². The lowest BCUT2D eigenvalue weighted by Crippen LogP contribution is -2.34. The molecule has 0 aliphatic heterocycles. The highest BCUT2D eigenvalue weighted by molar-refractivity contribution is 5.93. The fraction of sp³-hybridized carbons (Fsp3) is 0.333. The molecule has 5 nitrogen and oxygen atoms in total. The number of para-hydroxylation sites is 1. The van der Waals surface area contributed by atoms with Crippen molar-refractivity contribution in [2.75, 3.05) is 0 Å². The molecular weight excluding hydrogens is 290 g/mol. The molecule has 1 aromatic carbocycles. The van der Waals surface area contributed by atoms with E-state index in [2.05, 4.69) is 21.6 Å². The van der Waals surface area contributed by atoms with Crippen LogP contribution in [0.15, 0.2) is 42.0 Å². The van der Waals surface area contributed by atoms with Gasteiger partial charge in [0.1, 0.15) is 11.4 Å². The minimum atomic E-state index is -0.182. The lowest BCUT2D eigenvalue weighted by Gasteiger charge is -2.20. The second-order valence-electron chi connectivity index (χ2n) is 5.90. The molecule has 1 aliphatic carbocycles. The first-order chi connectivity index (χ1) is 11.1. The van der Waals surface area contributed by atoms with E-state index in [1.54, 1.807) is 24.3 Å². The minimum Gasteiger partial charge on any atom is -0.507 e. The Balaban J connectivity index is 1.71. The summed E-state index contributed by atoms with van der Waals surface area (Å²) in [6.07, 6.45) is 6.79. The average molecular weight is 311 g/mol. The number of aromatic amines is 1. The largest absolute Gasteiger partial charge is 0.507 e. The predicted octanol–water partition coefficient (Wildman–Crippen LogP) is 3.40. The number of carbonyl (C=O) groups excluding carboxylic acids is 1. The molecule has 5 heteroatoms. The Labute approximate surface area is 135 Å². The highest BCUT2D eigenvalue weighted by Crippen LogP contribution is 2.27. The van der Waals surface area contributed by atoms with E-state index in [9.17, 15) is 9.90 Å². The van der Waals surface area contributed by atoms with Crippen LogP contribution in [0, 0.1) is 0 Å². The first kappa shape index (κ1) is 15.3. The number of H-pyrrole nitrogens is 1. The molecule has 0 saturated heterocycles. The summed E-state index contributed by atoms with van der Waals surface area (Å²) in [5.41, 5.74) is 2.85. The van der Waals surface area contributed by atoms with E-state index < -0.39 is 0 Å². The van der Waals surface area contributed by atoms with Gasteiger partial charge in [-0.2, -0.15) is 5.10 Å². The van der Waals surface area contributed by atoms with Crippen LogP contribution in [-0.2, 0) is 0 Å². The molecule has 1 aliphatic rings. The number of amides is 1. The number of rotatable bonds is 4. The van der Waals surface area contributed by atoms with Gasteiger partial charge in [0.05, 0.1) is 5.69 Å². The molecule has 1 amide bonds. The highest BCUT2D eigenvalue weighted by Gasteiger charge is 2.17. The Morgan fingerprint density at radius 3 is 2.91 bits per heavy atom. The van der Waals surface area contributed by atoms with Gasteiger partial charge in [-0.3, -0.25) is 9.89 Å². The summed E-state index contributed by atoms with van der Waals surface area (Å²) in [4.78, 5) is 12.4. The topological polar surface area (TPSA) is 78.0 Å². The summed E-state index contributed by atoms with van der Waals surface area (Å²) in [6, 6.07) is 8.62. The zero-order valence-corrected chi connectivity index (χ0v) is 13.2. The van der Waals surface area contributed by atoms with Gasteiger partial charge >= 0.3 is 0 Å². The van der Waals surface area contributed by atoms with Gasteiger partial charge in [0.2, 0.25) is 0 Å². The number of nitrogens with zero attached hydrogens (tertiary/aromatic N) is 1. The van der Waals surface area contributed by atoms with Gasteiger partial charge in [-0.05, 0) is 50.8 Å². The fourth-order valence-corrected chi connectivity index (χ4v) is 2.89. The van der Waals surface area contributed by atoms with Crippen molar-refractivity contribution in [2.24, 2.45) is 0 Å². The van der Waals surface area contributed by atoms with Gasteiger partial charge < -0.3 is 10.4 Å². The first-order valence-corrected chi connectivity index (χ1v) is 7.98. The Bertz CT molecular complexity index is 733. The summed E-state index contributed by atoms with van der Waals surface area (Å²) < 4.78 is 0. The van der Waals surface area contributed by atoms with E-state index in [0.717, 1.165) is 12.8 Å². The van der Waals surface area contributed by atoms with Gasteiger partial charge in [-0.25, -0.2) is 0 Å². The lowest BCUT2D eigenvalue weighted by atomic mass is 9.95. The maximum atomic E-state index is 12.4. The van der Waals surface area contributed by atoms with Crippen molar-refractivity contribution in [3.63, 3.8) is 0 Å². The van der Waals surface area contributed by atoms with Crippen LogP contribution in [0.25, 0.3) is 11.3 Å². The standard InChI is InChI=1S/C18H21N3O2/c1-12(13-7-3-2-4-8-13)19-18(23)16-11-15(20-21-16)14-9-5-6-10-17(14)22/h5-7,9-12,22H,2-4,8H2,1H3,(H,19,23)(H,20,21)/t12-/m0/s1. The number of phenols is 1. The van der Waals surface area contributed by atoms with Crippen LogP contribution >= 0.6 is 0 Å². The molecule has 0 unspecified atom stereocenters. The number of hydrogen-bond acceptors (Lipinski definition) is 3. The molecule has 1 aromatic heterocycles. The van der Waals surface area contributed by atoms with Gasteiger partial charge in [0.15, 0.2) is 0 Å². The molecule has 0 saturated carbocycles. The van der Waals surface area contributed by atoms with Crippen molar-refractivity contribution >= 4 is 5.91 Å². The Kier molecular flexibility index (Phi) is 4.46. The number of hydrogen-bond donors (Lipinski definition) is 3. The number of aromatic nitrogens is 2. The number of allylic oxidation sites excluding steroid dienone is 1. The van der Waals surface area contributed by atoms with Crippen molar-refractivity contribution < 1.29 is 9.90 Å². The van der Waals surface area contributed by atoms with E-state index in [1.807, 2.05) is 13.0 Å². The van der Waals surface area contributed by atoms with E-state index in [0.29, 0.717) is 17.0 Å². The maximum absolute atomic E-state index is 12.4. The average Bonchev–Trinajstić information content (AvgIpc) is 3.06. The third-order valence-electron chi connectivity index (χ3n) is 4.23. The first-order valence-electron chi connectivity index (χ1n) is 7.98. The fourth-order valence-electron chi connectivity index (χ4n) is 2.89. The summed E-state index contributed by atoms with van der Waals surface area (Å²) in [5.74, 6) is -0.0372. The zero-order valence-electron chi connectivity index (χ0n) is 13.2. The number of benzene rings is 1. The maximum Gasteiger partial charge on any atom is 0.269 e. The van der Waals surface area contributed by atoms with E-state index in [-0.39, 0.29) is 17.7 Å². The smallest absolute Gasteiger partial charge is 0.269 e. The summed E-state index contributed by atoms with van der Waals surface area (Å²) in [7, 11) is 0. The molecule has 120 valence electrons. The molecule has 0 fully saturated rings. The zero-order chi connectivity index (χ0) is 16.2. The molecule has 23 heavy (non-hydrogen) atoms. The van der Waals surface area contributed by atoms with Gasteiger partial charge in [0.25, 0.3) is 5.91 Å². The Hall–Kier alpha value is -2.56. The van der Waals surface area contributed by atoms with Crippen LogP contribution in [0.2, 0.25) is 0 Å². The summed E-state index contributed by atoms with van der Waals surface area (Å²) in [6.45, 7) is 2.01. The molecule has 1 heterocycles. The third-order valence-corrected chi connectivity index (χ3v) is 4.23. The monoisotopic (exact) mass is 311 g/mol. The minimum absolute atomic E-state index is 0.0275. The van der Waals surface area contributed by atoms with E-state index in [1.165, 1.54) is 18.4 Å². The number of nitrogens with one attached hydrogen (secondary N) is 2. The molecule has 1 atom stereocenters. The van der Waals surface area contributed by atoms with Gasteiger partial charge in [-0.1, -0.05) is 23.8 Å². The number of aromatic hydroxyl groups is 1. The number of carbonyl (C=O) groups is 1. The Morgan fingerprint density at radius 2 is 2.17 bits per heavy atom. The Morgan fingerprint density at radius 1 is 1.35 bits per heavy atom. The van der Waals surface area contributed by atoms with Crippen LogP contribution in [0.5, 0.6) is 5.75 Å². The van der Waals surface area contributed by atoms with Crippen LogP contribution in [-0.4, -0.2) is 27.3 Å². The van der Waals surface area contributed by atoms with Crippen LogP contribution in [0.1, 0.15) is 43.1 Å². The molecule has 0 radical (unpaired) electrons. The van der Waals surface area contributed by atoms with E-state index >= 15 is 0 Å². The molecular formula is C18H21N3O2. The lowest BCUT2D eigenvalue weighted by molar-refractivity contribution is 0.0939. The summed E-state index contributed by atoms with van der Waals surface area (Å²) >= 11 is 0. The molecule has 2 aromatic rings. The van der Waals surface area contributed by atoms with Crippen LogP contribution < -0.4 is 5.32 Å². The second-order valence-corrected chi connectivity index (χ2v) is 5.90. The SMILES string of the molecule is C[C@H](NC(=O)c1cc(-c2ccccc2O)n[nH]1)C1=CCCCC1. The second kappa shape index (κ2) is 6.69. The van der Waals surface area contributed by atoms with Crippen molar-refractivity contribution in [1.82, 2.24) is 15.5 Å². The predicted molar refractivity (Wildman–Crippen MR) is 89.2 cm³/mol. The van der Waals surface area contributed by atoms with Crippen LogP contribution in [0.3, 0.4) is 0 Å². The molecule has 3 N–H and O–H groups in total. The van der Waals surface area contributed by atoms with Crippen molar-refractivity contribution in [2.45, 2.75) is 38.6 Å². The highest BCUT2D eigenvalue weighted by atomic mass is 16.3. The normalized spacial score (nSPS) is 15.8. The molecule has 0 bridgehead atoms. The quantitative estimate of drug-likeness (QED) is 0.757. The summed E-state index contributed by atoms with van der Waals surface area (Å²) in [5, 5.41) is 19.7. The number of phenolic OH excluding ortho intramolecular Hbond substituents is 1. The van der Waals surface area contributed by atoms with Crippen molar-refractivity contribution in [3.05, 3.63) is 47.7 Å². The van der Waals surface area contributed by atoms with Crippen molar-refractivity contribution in [3.8, 4) is 17.0 Å². The van der Waals surface area contributed by atoms with Gasteiger partial charge in [0, 0.05) is 11.6 Å². The molecule has 3 rings (SSSR count). The van der Waals surface area contributed by atoms with Gasteiger partial charge in [-0.15, -0.1) is 0 Å². The van der Waals surface area contributed by atoms with Crippen molar-refractivity contribution in [1.29, 1.82) is 0 Å². The third kappa shape index (κ3) is 3.44. The van der Waals surface area contributed by atoms with E-state index in [4.69, 9.17) is 0 Å².